The van der Waals surface area contributed by atoms with Gasteiger partial charge in [-0.2, -0.15) is 5.10 Å². The molecule has 2 aliphatic rings. The van der Waals surface area contributed by atoms with Crippen molar-refractivity contribution in [1.29, 1.82) is 0 Å². The van der Waals surface area contributed by atoms with Crippen molar-refractivity contribution in [1.82, 2.24) is 30.6 Å². The zero-order chi connectivity index (χ0) is 23.4. The van der Waals surface area contributed by atoms with Crippen molar-refractivity contribution in [3.8, 4) is 5.69 Å². The zero-order valence-electron chi connectivity index (χ0n) is 19.0. The predicted molar refractivity (Wildman–Crippen MR) is 131 cm³/mol. The maximum Gasteiger partial charge on any atom is 0.237 e. The minimum Gasteiger partial charge on any atom is -0.358 e. The van der Waals surface area contributed by atoms with E-state index in [-0.39, 0.29) is 36.0 Å². The molecule has 2 aliphatic heterocycles. The van der Waals surface area contributed by atoms with E-state index >= 15 is 0 Å². The summed E-state index contributed by atoms with van der Waals surface area (Å²) in [6.07, 6.45) is 5.48. The molecule has 176 valence electrons. The summed E-state index contributed by atoms with van der Waals surface area (Å²) in [5, 5.41) is 17.3. The molecular weight excluding hydrogens is 438 g/mol. The third-order valence-electron chi connectivity index (χ3n) is 6.01. The van der Waals surface area contributed by atoms with E-state index in [0.717, 1.165) is 11.4 Å². The molecule has 0 spiro atoms. The number of amides is 2. The van der Waals surface area contributed by atoms with Crippen molar-refractivity contribution in [3.63, 3.8) is 0 Å². The van der Waals surface area contributed by atoms with Gasteiger partial charge in [0.25, 0.3) is 0 Å². The maximum atomic E-state index is 12.4. The summed E-state index contributed by atoms with van der Waals surface area (Å²) in [5.74, 6) is 0.103. The summed E-state index contributed by atoms with van der Waals surface area (Å²) in [7, 11) is 0. The number of piperazine rings is 1. The summed E-state index contributed by atoms with van der Waals surface area (Å²) >= 11 is 5.52. The van der Waals surface area contributed by atoms with Crippen LogP contribution in [0.3, 0.4) is 0 Å². The second kappa shape index (κ2) is 10.3. The van der Waals surface area contributed by atoms with Gasteiger partial charge < -0.3 is 21.3 Å². The Morgan fingerprint density at radius 1 is 1.30 bits per heavy atom. The molecule has 0 saturated carbocycles. The maximum absolute atomic E-state index is 12.4. The number of hydrogen-bond acceptors (Lipinski definition) is 5. The molecule has 0 unspecified atom stereocenters. The second-order valence-electron chi connectivity index (χ2n) is 8.90. The van der Waals surface area contributed by atoms with Gasteiger partial charge >= 0.3 is 0 Å². The molecule has 0 radical (unpaired) electrons. The quantitative estimate of drug-likeness (QED) is 0.455. The number of nitrogens with zero attached hydrogens (tertiary/aromatic N) is 3. The van der Waals surface area contributed by atoms with Crippen molar-refractivity contribution in [2.45, 2.75) is 57.3 Å². The number of thiocarbonyl (C=S) groups is 1. The average Bonchev–Trinajstić information content (AvgIpc) is 3.44. The third-order valence-corrected chi connectivity index (χ3v) is 6.23. The standard InChI is InChI=1S/C23H31N7O2S/c1-15(2)26-21(31)9-8-19-13-24-22(32)20-12-17(14-29(19)20)28-23(33)27-16-4-6-18(7-5-16)30-11-3-10-25-30/h3-7,10-11,15,17,19-20H,8-9,12-14H2,1-2H3,(H,24,32)(H,26,31)(H2,27,28,33)/t17-,19+,20-/m0/s1. The Kier molecular flexibility index (Phi) is 7.24. The highest BCUT2D eigenvalue weighted by Crippen LogP contribution is 2.26. The number of carbonyl (C=O) groups is 2. The zero-order valence-corrected chi connectivity index (χ0v) is 19.8. The van der Waals surface area contributed by atoms with Crippen LogP contribution in [0.15, 0.2) is 42.7 Å². The number of hydrogen-bond donors (Lipinski definition) is 4. The molecule has 2 aromatic rings. The molecule has 0 aliphatic carbocycles. The lowest BCUT2D eigenvalue weighted by molar-refractivity contribution is -0.129. The summed E-state index contributed by atoms with van der Waals surface area (Å²) in [5.41, 5.74) is 1.85. The molecule has 33 heavy (non-hydrogen) atoms. The van der Waals surface area contributed by atoms with E-state index in [9.17, 15) is 9.59 Å². The van der Waals surface area contributed by atoms with E-state index in [0.29, 0.717) is 37.5 Å². The highest BCUT2D eigenvalue weighted by Gasteiger charge is 2.43. The monoisotopic (exact) mass is 469 g/mol. The van der Waals surface area contributed by atoms with Gasteiger partial charge in [0, 0.05) is 55.7 Å². The van der Waals surface area contributed by atoms with Crippen LogP contribution < -0.4 is 21.3 Å². The molecule has 10 heteroatoms. The molecule has 0 bridgehead atoms. The van der Waals surface area contributed by atoms with Crippen LogP contribution in [0.25, 0.3) is 5.69 Å². The molecule has 2 amide bonds. The Bertz CT molecular complexity index is 977. The van der Waals surface area contributed by atoms with Crippen LogP contribution in [-0.4, -0.2) is 68.9 Å². The Labute approximate surface area is 199 Å². The van der Waals surface area contributed by atoms with E-state index in [1.165, 1.54) is 0 Å². The first-order valence-electron chi connectivity index (χ1n) is 11.4. The molecule has 4 rings (SSSR count). The first kappa shape index (κ1) is 23.2. The van der Waals surface area contributed by atoms with Crippen LogP contribution in [0.1, 0.15) is 33.1 Å². The Hall–Kier alpha value is -2.98. The van der Waals surface area contributed by atoms with Gasteiger partial charge in [-0.3, -0.25) is 14.5 Å². The lowest BCUT2D eigenvalue weighted by Crippen LogP contribution is -2.58. The van der Waals surface area contributed by atoms with Crippen molar-refractivity contribution in [3.05, 3.63) is 42.7 Å². The highest BCUT2D eigenvalue weighted by atomic mass is 32.1. The number of fused-ring (bicyclic) bond motifs is 1. The van der Waals surface area contributed by atoms with E-state index in [1.807, 2.05) is 50.4 Å². The lowest BCUT2D eigenvalue weighted by Gasteiger charge is -2.37. The molecule has 3 atom stereocenters. The van der Waals surface area contributed by atoms with Crippen molar-refractivity contribution < 1.29 is 9.59 Å². The largest absolute Gasteiger partial charge is 0.358 e. The van der Waals surface area contributed by atoms with Crippen LogP contribution in [0.5, 0.6) is 0 Å². The summed E-state index contributed by atoms with van der Waals surface area (Å²) in [4.78, 5) is 26.7. The van der Waals surface area contributed by atoms with Gasteiger partial charge in [-0.1, -0.05) is 0 Å². The lowest BCUT2D eigenvalue weighted by atomic mass is 10.0. The number of nitrogens with one attached hydrogen (secondary N) is 4. The number of aromatic nitrogens is 2. The van der Waals surface area contributed by atoms with Crippen LogP contribution in [0, 0.1) is 0 Å². The van der Waals surface area contributed by atoms with Crippen LogP contribution in [0.2, 0.25) is 0 Å². The van der Waals surface area contributed by atoms with E-state index in [4.69, 9.17) is 12.2 Å². The Morgan fingerprint density at radius 2 is 2.09 bits per heavy atom. The first-order valence-corrected chi connectivity index (χ1v) is 11.8. The molecule has 2 saturated heterocycles. The molecule has 1 aromatic carbocycles. The summed E-state index contributed by atoms with van der Waals surface area (Å²) < 4.78 is 1.79. The van der Waals surface area contributed by atoms with Gasteiger partial charge in [-0.25, -0.2) is 4.68 Å². The average molecular weight is 470 g/mol. The van der Waals surface area contributed by atoms with Gasteiger partial charge in [-0.15, -0.1) is 0 Å². The number of rotatable bonds is 7. The van der Waals surface area contributed by atoms with Crippen LogP contribution >= 0.6 is 12.2 Å². The third kappa shape index (κ3) is 5.88. The topological polar surface area (TPSA) is 103 Å². The smallest absolute Gasteiger partial charge is 0.237 e. The Balaban J connectivity index is 1.29. The fraction of sp³-hybridized carbons (Fsp3) is 0.478. The van der Waals surface area contributed by atoms with Crippen molar-refractivity contribution >= 4 is 34.8 Å². The van der Waals surface area contributed by atoms with E-state index in [2.05, 4.69) is 31.3 Å². The van der Waals surface area contributed by atoms with E-state index in [1.54, 1.807) is 10.9 Å². The van der Waals surface area contributed by atoms with Crippen molar-refractivity contribution in [2.24, 2.45) is 0 Å². The molecule has 4 N–H and O–H groups in total. The molecule has 1 aromatic heterocycles. The minimum absolute atomic E-state index is 0.0512. The van der Waals surface area contributed by atoms with Gasteiger partial charge in [0.05, 0.1) is 11.7 Å². The molecule has 3 heterocycles. The van der Waals surface area contributed by atoms with Crippen LogP contribution in [0.4, 0.5) is 5.69 Å². The van der Waals surface area contributed by atoms with Crippen molar-refractivity contribution in [2.75, 3.05) is 18.4 Å². The first-order chi connectivity index (χ1) is 15.9. The molecular formula is C23H31N7O2S. The normalized spacial score (nSPS) is 22.5. The van der Waals surface area contributed by atoms with E-state index < -0.39 is 0 Å². The van der Waals surface area contributed by atoms with Gasteiger partial charge in [0.15, 0.2) is 5.11 Å². The number of benzene rings is 1. The van der Waals surface area contributed by atoms with Crippen LogP contribution in [-0.2, 0) is 9.59 Å². The highest BCUT2D eigenvalue weighted by molar-refractivity contribution is 7.80. The fourth-order valence-electron chi connectivity index (χ4n) is 4.51. The minimum atomic E-state index is -0.189. The predicted octanol–water partition coefficient (Wildman–Crippen LogP) is 1.40. The second-order valence-corrected chi connectivity index (χ2v) is 9.31. The SMILES string of the molecule is CC(C)NC(=O)CC[C@@H]1CNC(=O)[C@@H]2C[C@H](NC(=S)Nc3ccc(-n4cccn4)cc3)CN12. The van der Waals surface area contributed by atoms with Gasteiger partial charge in [0.1, 0.15) is 0 Å². The molecule has 9 nitrogen and oxygen atoms in total. The van der Waals surface area contributed by atoms with Gasteiger partial charge in [0.2, 0.25) is 11.8 Å². The summed E-state index contributed by atoms with van der Waals surface area (Å²) in [6.45, 7) is 5.20. The van der Waals surface area contributed by atoms with Gasteiger partial charge in [-0.05, 0) is 69.2 Å². The number of anilines is 1. The Morgan fingerprint density at radius 3 is 2.79 bits per heavy atom. The molecule has 2 fully saturated rings. The summed E-state index contributed by atoms with van der Waals surface area (Å²) in [6, 6.07) is 9.88. The fourth-order valence-corrected chi connectivity index (χ4v) is 4.80. The number of carbonyl (C=O) groups excluding carboxylic acids is 2.